The minimum absolute atomic E-state index is 0.117. The highest BCUT2D eigenvalue weighted by Crippen LogP contribution is 2.16. The zero-order valence-electron chi connectivity index (χ0n) is 9.56. The lowest BCUT2D eigenvalue weighted by molar-refractivity contribution is -0.120. The molecule has 0 bridgehead atoms. The maximum Gasteiger partial charge on any atom is 0.243 e. The highest BCUT2D eigenvalue weighted by atomic mass is 19.1. The van der Waals surface area contributed by atoms with E-state index in [1.807, 2.05) is 0 Å². The molecule has 1 aliphatic heterocycles. The number of benzene rings is 1. The van der Waals surface area contributed by atoms with Crippen molar-refractivity contribution in [1.29, 1.82) is 0 Å². The molecule has 5 heteroatoms. The zero-order chi connectivity index (χ0) is 12.4. The van der Waals surface area contributed by atoms with E-state index in [9.17, 15) is 14.3 Å². The molecule has 1 heterocycles. The van der Waals surface area contributed by atoms with Crippen LogP contribution in [-0.2, 0) is 4.79 Å². The van der Waals surface area contributed by atoms with Gasteiger partial charge in [0.25, 0.3) is 0 Å². The number of carbonyl (C=O) groups is 1. The van der Waals surface area contributed by atoms with Gasteiger partial charge in [0.05, 0.1) is 12.1 Å². The number of nitrogens with zero attached hydrogens (tertiary/aromatic N) is 1. The van der Waals surface area contributed by atoms with Crippen LogP contribution in [0.5, 0.6) is 0 Å². The number of nitrogens with one attached hydrogen (secondary N) is 1. The number of anilines is 1. The number of hydrogen-bond acceptors (Lipinski definition) is 3. The highest BCUT2D eigenvalue weighted by molar-refractivity contribution is 5.96. The van der Waals surface area contributed by atoms with Crippen molar-refractivity contribution >= 4 is 11.6 Å². The van der Waals surface area contributed by atoms with Crippen LogP contribution in [0, 0.1) is 5.82 Å². The van der Waals surface area contributed by atoms with E-state index in [1.54, 1.807) is 19.2 Å². The van der Waals surface area contributed by atoms with Gasteiger partial charge in [-0.3, -0.25) is 4.79 Å². The third-order valence-corrected chi connectivity index (χ3v) is 2.95. The maximum atomic E-state index is 12.8. The molecule has 0 aromatic heterocycles. The van der Waals surface area contributed by atoms with Gasteiger partial charge in [-0.1, -0.05) is 0 Å². The van der Waals surface area contributed by atoms with Gasteiger partial charge in [-0.2, -0.15) is 0 Å². The van der Waals surface area contributed by atoms with Crippen molar-refractivity contribution in [2.45, 2.75) is 18.6 Å². The largest absolute Gasteiger partial charge is 0.392 e. The van der Waals surface area contributed by atoms with E-state index in [0.29, 0.717) is 18.7 Å². The molecule has 0 radical (unpaired) electrons. The first-order valence-electron chi connectivity index (χ1n) is 5.52. The van der Waals surface area contributed by atoms with Crippen LogP contribution < -0.4 is 10.2 Å². The first-order chi connectivity index (χ1) is 8.08. The lowest BCUT2D eigenvalue weighted by atomic mass is 10.1. The summed E-state index contributed by atoms with van der Waals surface area (Å²) < 4.78 is 12.8. The van der Waals surface area contributed by atoms with Crippen molar-refractivity contribution in [3.63, 3.8) is 0 Å². The SMILES string of the molecule is CN(C(=O)[C@@H]1C[C@H](O)CN1)c1ccc(F)cc1. The quantitative estimate of drug-likeness (QED) is 0.789. The fraction of sp³-hybridized carbons (Fsp3) is 0.417. The molecule has 0 aliphatic carbocycles. The van der Waals surface area contributed by atoms with Crippen molar-refractivity contribution in [2.24, 2.45) is 0 Å². The van der Waals surface area contributed by atoms with Crippen LogP contribution in [0.3, 0.4) is 0 Å². The normalized spacial score (nSPS) is 23.7. The number of halogens is 1. The van der Waals surface area contributed by atoms with E-state index in [1.165, 1.54) is 17.0 Å². The van der Waals surface area contributed by atoms with Gasteiger partial charge in [0.15, 0.2) is 0 Å². The molecule has 1 aliphatic rings. The van der Waals surface area contributed by atoms with Crippen molar-refractivity contribution in [1.82, 2.24) is 5.32 Å². The second-order valence-corrected chi connectivity index (χ2v) is 4.22. The molecule has 4 nitrogen and oxygen atoms in total. The summed E-state index contributed by atoms with van der Waals surface area (Å²) >= 11 is 0. The molecule has 1 saturated heterocycles. The van der Waals surface area contributed by atoms with E-state index >= 15 is 0 Å². The third kappa shape index (κ3) is 2.62. The lowest BCUT2D eigenvalue weighted by Gasteiger charge is -2.21. The van der Waals surface area contributed by atoms with Crippen LogP contribution in [0.15, 0.2) is 24.3 Å². The van der Waals surface area contributed by atoms with Crippen LogP contribution in [-0.4, -0.2) is 36.8 Å². The smallest absolute Gasteiger partial charge is 0.243 e. The molecule has 0 spiro atoms. The molecule has 1 aromatic rings. The summed E-state index contributed by atoms with van der Waals surface area (Å²) in [6, 6.07) is 5.38. The Morgan fingerprint density at radius 2 is 2.12 bits per heavy atom. The van der Waals surface area contributed by atoms with E-state index in [2.05, 4.69) is 5.32 Å². The summed E-state index contributed by atoms with van der Waals surface area (Å²) in [5.74, 6) is -0.447. The van der Waals surface area contributed by atoms with Gasteiger partial charge in [-0.25, -0.2) is 4.39 Å². The molecule has 0 saturated carbocycles. The Balaban J connectivity index is 2.06. The summed E-state index contributed by atoms with van der Waals surface area (Å²) in [4.78, 5) is 13.5. The van der Waals surface area contributed by atoms with Crippen LogP contribution in [0.25, 0.3) is 0 Å². The summed E-state index contributed by atoms with van der Waals surface area (Å²) in [5, 5.41) is 12.3. The molecular weight excluding hydrogens is 223 g/mol. The van der Waals surface area contributed by atoms with E-state index in [-0.39, 0.29) is 17.8 Å². The molecule has 1 fully saturated rings. The van der Waals surface area contributed by atoms with Gasteiger partial charge in [0.2, 0.25) is 5.91 Å². The Morgan fingerprint density at radius 3 is 2.65 bits per heavy atom. The second-order valence-electron chi connectivity index (χ2n) is 4.22. The number of aliphatic hydroxyl groups excluding tert-OH is 1. The second kappa shape index (κ2) is 4.81. The average Bonchev–Trinajstić information content (AvgIpc) is 2.75. The Morgan fingerprint density at radius 1 is 1.47 bits per heavy atom. The molecule has 2 N–H and O–H groups in total. The first kappa shape index (κ1) is 12.0. The fourth-order valence-electron chi connectivity index (χ4n) is 1.93. The van der Waals surface area contributed by atoms with E-state index in [4.69, 9.17) is 0 Å². The van der Waals surface area contributed by atoms with E-state index in [0.717, 1.165) is 0 Å². The Labute approximate surface area is 99.0 Å². The predicted molar refractivity (Wildman–Crippen MR) is 62.2 cm³/mol. The van der Waals surface area contributed by atoms with Crippen molar-refractivity contribution in [2.75, 3.05) is 18.5 Å². The number of likely N-dealkylation sites (N-methyl/N-ethyl adjacent to an activating group) is 1. The summed E-state index contributed by atoms with van der Waals surface area (Å²) in [6.45, 7) is 0.438. The van der Waals surface area contributed by atoms with Crippen molar-refractivity contribution in [3.05, 3.63) is 30.1 Å². The van der Waals surface area contributed by atoms with Crippen LogP contribution >= 0.6 is 0 Å². The topological polar surface area (TPSA) is 52.6 Å². The fourth-order valence-corrected chi connectivity index (χ4v) is 1.93. The molecule has 0 unspecified atom stereocenters. The molecule has 1 amide bonds. The molecule has 1 aromatic carbocycles. The number of carbonyl (C=O) groups excluding carboxylic acids is 1. The molecule has 2 rings (SSSR count). The monoisotopic (exact) mass is 238 g/mol. The average molecular weight is 238 g/mol. The Bertz CT molecular complexity index is 407. The third-order valence-electron chi connectivity index (χ3n) is 2.95. The molecular formula is C12H15FN2O2. The minimum Gasteiger partial charge on any atom is -0.392 e. The number of aliphatic hydroxyl groups is 1. The molecule has 17 heavy (non-hydrogen) atoms. The van der Waals surface area contributed by atoms with Crippen LogP contribution in [0.2, 0.25) is 0 Å². The zero-order valence-corrected chi connectivity index (χ0v) is 9.56. The van der Waals surface area contributed by atoms with Crippen molar-refractivity contribution < 1.29 is 14.3 Å². The summed E-state index contributed by atoms with van der Waals surface area (Å²) in [5.41, 5.74) is 0.639. The lowest BCUT2D eigenvalue weighted by Crippen LogP contribution is -2.41. The molecule has 2 atom stereocenters. The van der Waals surface area contributed by atoms with Crippen molar-refractivity contribution in [3.8, 4) is 0 Å². The number of rotatable bonds is 2. The highest BCUT2D eigenvalue weighted by Gasteiger charge is 2.30. The summed E-state index contributed by atoms with van der Waals surface area (Å²) in [7, 11) is 1.64. The van der Waals surface area contributed by atoms with Gasteiger partial charge in [0, 0.05) is 19.3 Å². The Hall–Kier alpha value is -1.46. The number of β-amino-alcohol motifs (C(OH)–C–C–N with tert-alkyl or cyclic N) is 1. The van der Waals surface area contributed by atoms with Crippen LogP contribution in [0.1, 0.15) is 6.42 Å². The predicted octanol–water partition coefficient (Wildman–Crippen LogP) is 0.511. The standard InChI is InChI=1S/C12H15FN2O2/c1-15(9-4-2-8(13)3-5-9)12(17)11-6-10(16)7-14-11/h2-5,10-11,14,16H,6-7H2,1H3/t10-,11-/m0/s1. The van der Waals surface area contributed by atoms with E-state index < -0.39 is 6.10 Å². The first-order valence-corrected chi connectivity index (χ1v) is 5.52. The molecule has 92 valence electrons. The maximum absolute atomic E-state index is 12.8. The number of amides is 1. The van der Waals surface area contributed by atoms with Gasteiger partial charge in [-0.05, 0) is 30.7 Å². The van der Waals surface area contributed by atoms with Gasteiger partial charge >= 0.3 is 0 Å². The summed E-state index contributed by atoms with van der Waals surface area (Å²) in [6.07, 6.45) is -0.0461. The van der Waals surface area contributed by atoms with Gasteiger partial charge < -0.3 is 15.3 Å². The van der Waals surface area contributed by atoms with Gasteiger partial charge in [0.1, 0.15) is 5.82 Å². The Kier molecular flexibility index (Phi) is 3.40. The van der Waals surface area contributed by atoms with Gasteiger partial charge in [-0.15, -0.1) is 0 Å². The number of hydrogen-bond donors (Lipinski definition) is 2. The minimum atomic E-state index is -0.467. The van der Waals surface area contributed by atoms with Crippen LogP contribution in [0.4, 0.5) is 10.1 Å².